The maximum absolute atomic E-state index is 12.2. The van der Waals surface area contributed by atoms with Crippen LogP contribution in [0, 0.1) is 0 Å². The summed E-state index contributed by atoms with van der Waals surface area (Å²) in [5.41, 5.74) is 0.511. The Morgan fingerprint density at radius 2 is 2.04 bits per heavy atom. The van der Waals surface area contributed by atoms with Crippen LogP contribution in [0.5, 0.6) is 5.75 Å². The average molecular weight is 361 g/mol. The number of aromatic nitrogens is 1. The van der Waals surface area contributed by atoms with Crippen molar-refractivity contribution in [3.8, 4) is 5.75 Å². The van der Waals surface area contributed by atoms with Crippen LogP contribution in [-0.2, 0) is 11.2 Å². The average Bonchev–Trinajstić information content (AvgIpc) is 3.13. The maximum Gasteiger partial charge on any atom is 0.255 e. The highest BCUT2D eigenvalue weighted by Gasteiger charge is 2.11. The van der Waals surface area contributed by atoms with Gasteiger partial charge in [-0.1, -0.05) is 12.1 Å². The summed E-state index contributed by atoms with van der Waals surface area (Å²) in [7, 11) is 0. The highest BCUT2D eigenvalue weighted by molar-refractivity contribution is 7.09. The van der Waals surface area contributed by atoms with Gasteiger partial charge in [0.1, 0.15) is 5.75 Å². The van der Waals surface area contributed by atoms with Gasteiger partial charge < -0.3 is 15.4 Å². The van der Waals surface area contributed by atoms with Crippen molar-refractivity contribution >= 4 is 23.2 Å². The van der Waals surface area contributed by atoms with Gasteiger partial charge in [0, 0.05) is 37.5 Å². The van der Waals surface area contributed by atoms with E-state index in [0.717, 1.165) is 11.4 Å². The predicted molar refractivity (Wildman–Crippen MR) is 98.0 cm³/mol. The van der Waals surface area contributed by atoms with Crippen molar-refractivity contribution in [1.29, 1.82) is 0 Å². The van der Waals surface area contributed by atoms with Crippen molar-refractivity contribution in [1.82, 2.24) is 15.6 Å². The fourth-order valence-corrected chi connectivity index (χ4v) is 2.88. The molecule has 0 atom stereocenters. The van der Waals surface area contributed by atoms with E-state index in [-0.39, 0.29) is 11.8 Å². The summed E-state index contributed by atoms with van der Waals surface area (Å²) in [6.45, 7) is 3.41. The maximum atomic E-state index is 12.2. The summed E-state index contributed by atoms with van der Waals surface area (Å²) in [5.74, 6) is 0.371. The van der Waals surface area contributed by atoms with E-state index in [2.05, 4.69) is 15.6 Å². The molecule has 134 valence electrons. The van der Waals surface area contributed by atoms with E-state index in [4.69, 9.17) is 4.74 Å². The molecule has 2 rings (SSSR count). The zero-order valence-corrected chi connectivity index (χ0v) is 15.1. The summed E-state index contributed by atoms with van der Waals surface area (Å²) < 4.78 is 5.45. The molecule has 1 heterocycles. The van der Waals surface area contributed by atoms with Crippen LogP contribution < -0.4 is 15.4 Å². The van der Waals surface area contributed by atoms with E-state index in [1.54, 1.807) is 35.7 Å². The summed E-state index contributed by atoms with van der Waals surface area (Å²) in [4.78, 5) is 28.1. The first-order valence-corrected chi connectivity index (χ1v) is 9.23. The molecule has 2 amide bonds. The molecule has 0 saturated carbocycles. The summed E-state index contributed by atoms with van der Waals surface area (Å²) in [5, 5.41) is 8.62. The van der Waals surface area contributed by atoms with Crippen LogP contribution in [0.4, 0.5) is 0 Å². The third-order valence-electron chi connectivity index (χ3n) is 3.44. The minimum Gasteiger partial charge on any atom is -0.493 e. The molecule has 7 heteroatoms. The van der Waals surface area contributed by atoms with Crippen molar-refractivity contribution in [2.24, 2.45) is 0 Å². The smallest absolute Gasteiger partial charge is 0.255 e. The Labute approximate surface area is 151 Å². The zero-order chi connectivity index (χ0) is 17.9. The van der Waals surface area contributed by atoms with Crippen molar-refractivity contribution in [2.45, 2.75) is 26.2 Å². The number of ether oxygens (including phenoxy) is 1. The molecule has 0 spiro atoms. The third-order valence-corrected chi connectivity index (χ3v) is 4.28. The van der Waals surface area contributed by atoms with Gasteiger partial charge in [-0.2, -0.15) is 0 Å². The Hall–Kier alpha value is -2.41. The molecule has 0 unspecified atom stereocenters. The molecule has 25 heavy (non-hydrogen) atoms. The fraction of sp³-hybridized carbons (Fsp3) is 0.389. The number of carbonyl (C=O) groups is 2. The largest absolute Gasteiger partial charge is 0.493 e. The molecular formula is C18H23N3O3S. The molecule has 6 nitrogen and oxygen atoms in total. The van der Waals surface area contributed by atoms with Crippen LogP contribution in [0.25, 0.3) is 0 Å². The topological polar surface area (TPSA) is 80.3 Å². The van der Waals surface area contributed by atoms with Crippen LogP contribution in [0.3, 0.4) is 0 Å². The molecule has 2 N–H and O–H groups in total. The normalized spacial score (nSPS) is 10.3. The van der Waals surface area contributed by atoms with Gasteiger partial charge >= 0.3 is 0 Å². The fourth-order valence-electron chi connectivity index (χ4n) is 2.26. The Kier molecular flexibility index (Phi) is 7.91. The van der Waals surface area contributed by atoms with Gasteiger partial charge in [-0.15, -0.1) is 11.3 Å². The highest BCUT2D eigenvalue weighted by Crippen LogP contribution is 2.17. The summed E-state index contributed by atoms with van der Waals surface area (Å²) in [6, 6.07) is 7.13. The van der Waals surface area contributed by atoms with Gasteiger partial charge in [0.25, 0.3) is 5.91 Å². The number of amides is 2. The van der Waals surface area contributed by atoms with Crippen LogP contribution in [-0.4, -0.2) is 36.5 Å². The molecule has 0 fully saturated rings. The minimum absolute atomic E-state index is 0.0134. The highest BCUT2D eigenvalue weighted by atomic mass is 32.1. The lowest BCUT2D eigenvalue weighted by molar-refractivity contribution is -0.121. The van der Waals surface area contributed by atoms with Crippen molar-refractivity contribution in [2.75, 3.05) is 19.7 Å². The first-order chi connectivity index (χ1) is 12.2. The zero-order valence-electron chi connectivity index (χ0n) is 14.3. The predicted octanol–water partition coefficient (Wildman–Crippen LogP) is 2.41. The lowest BCUT2D eigenvalue weighted by Crippen LogP contribution is -2.28. The number of nitrogens with zero attached hydrogens (tertiary/aromatic N) is 1. The van der Waals surface area contributed by atoms with Gasteiger partial charge in [-0.3, -0.25) is 9.59 Å². The van der Waals surface area contributed by atoms with Crippen molar-refractivity contribution in [3.63, 3.8) is 0 Å². The Morgan fingerprint density at radius 1 is 1.20 bits per heavy atom. The Morgan fingerprint density at radius 3 is 2.80 bits per heavy atom. The van der Waals surface area contributed by atoms with Gasteiger partial charge in [-0.05, 0) is 25.5 Å². The van der Waals surface area contributed by atoms with Crippen LogP contribution in [0.15, 0.2) is 35.8 Å². The summed E-state index contributed by atoms with van der Waals surface area (Å²) in [6.07, 6.45) is 3.47. The lowest BCUT2D eigenvalue weighted by atomic mass is 10.2. The minimum atomic E-state index is -0.187. The Bertz CT molecular complexity index is 674. The number of carbonyl (C=O) groups excluding carboxylic acids is 2. The van der Waals surface area contributed by atoms with Crippen LogP contribution >= 0.6 is 11.3 Å². The van der Waals surface area contributed by atoms with E-state index in [9.17, 15) is 9.59 Å². The number of thiazole rings is 1. The second-order valence-corrected chi connectivity index (χ2v) is 6.29. The van der Waals surface area contributed by atoms with E-state index < -0.39 is 0 Å². The Balaban J connectivity index is 1.63. The molecule has 0 bridgehead atoms. The number of para-hydroxylation sites is 1. The van der Waals surface area contributed by atoms with Crippen molar-refractivity contribution < 1.29 is 14.3 Å². The number of hydrogen-bond donors (Lipinski definition) is 2. The quantitative estimate of drug-likeness (QED) is 0.637. The lowest BCUT2D eigenvalue weighted by Gasteiger charge is -2.10. The van der Waals surface area contributed by atoms with Gasteiger partial charge in [0.2, 0.25) is 5.91 Å². The van der Waals surface area contributed by atoms with Gasteiger partial charge in [0.05, 0.1) is 17.2 Å². The second kappa shape index (κ2) is 10.5. The SMILES string of the molecule is CCOc1ccccc1C(=O)NCCCC(=O)NCCc1nccs1. The number of benzene rings is 1. The van der Waals surface area contributed by atoms with E-state index >= 15 is 0 Å². The molecular weight excluding hydrogens is 338 g/mol. The molecule has 1 aromatic carbocycles. The summed E-state index contributed by atoms with van der Waals surface area (Å²) >= 11 is 1.58. The first kappa shape index (κ1) is 18.9. The van der Waals surface area contributed by atoms with Crippen LogP contribution in [0.2, 0.25) is 0 Å². The molecule has 1 aromatic heterocycles. The third kappa shape index (κ3) is 6.54. The molecule has 2 aromatic rings. The molecule has 0 aliphatic heterocycles. The van der Waals surface area contributed by atoms with Gasteiger partial charge in [-0.25, -0.2) is 4.98 Å². The van der Waals surface area contributed by atoms with Gasteiger partial charge in [0.15, 0.2) is 0 Å². The molecule has 0 radical (unpaired) electrons. The van der Waals surface area contributed by atoms with E-state index in [0.29, 0.717) is 43.9 Å². The number of rotatable bonds is 10. The van der Waals surface area contributed by atoms with Crippen molar-refractivity contribution in [3.05, 3.63) is 46.4 Å². The second-order valence-electron chi connectivity index (χ2n) is 5.31. The standard InChI is InChI=1S/C18H23N3O3S/c1-2-24-15-7-4-3-6-14(15)18(23)21-10-5-8-16(22)19-11-9-17-20-12-13-25-17/h3-4,6-7,12-13H,2,5,8-11H2,1H3,(H,19,22)(H,21,23). The molecule has 0 aliphatic rings. The van der Waals surface area contributed by atoms with E-state index in [1.807, 2.05) is 18.4 Å². The first-order valence-electron chi connectivity index (χ1n) is 8.35. The van der Waals surface area contributed by atoms with Crippen LogP contribution in [0.1, 0.15) is 35.1 Å². The number of nitrogens with one attached hydrogen (secondary N) is 2. The van der Waals surface area contributed by atoms with E-state index in [1.165, 1.54) is 0 Å². The molecule has 0 saturated heterocycles. The number of hydrogen-bond acceptors (Lipinski definition) is 5. The molecule has 0 aliphatic carbocycles. The monoisotopic (exact) mass is 361 g/mol.